The molecule has 0 heterocycles. The van der Waals surface area contributed by atoms with Crippen LogP contribution < -0.4 is 4.74 Å². The van der Waals surface area contributed by atoms with Crippen molar-refractivity contribution < 1.29 is 9.84 Å². The summed E-state index contributed by atoms with van der Waals surface area (Å²) in [6.07, 6.45) is 0.432. The zero-order valence-corrected chi connectivity index (χ0v) is 10.1. The van der Waals surface area contributed by atoms with Crippen molar-refractivity contribution in [2.75, 3.05) is 5.75 Å². The summed E-state index contributed by atoms with van der Waals surface area (Å²) in [5.74, 6) is 1.53. The zero-order chi connectivity index (χ0) is 11.3. The molecule has 1 N–H and O–H groups in total. The summed E-state index contributed by atoms with van der Waals surface area (Å²) in [7, 11) is 0. The van der Waals surface area contributed by atoms with Crippen LogP contribution in [0.1, 0.15) is 31.9 Å². The second kappa shape index (κ2) is 6.03. The van der Waals surface area contributed by atoms with E-state index in [9.17, 15) is 5.11 Å². The summed E-state index contributed by atoms with van der Waals surface area (Å²) in [5, 5.41) is 9.70. The van der Waals surface area contributed by atoms with E-state index >= 15 is 0 Å². The maximum Gasteiger partial charge on any atom is 0.119 e. The predicted octanol–water partition coefficient (Wildman–Crippen LogP) is 2.83. The molecule has 0 saturated heterocycles. The van der Waals surface area contributed by atoms with Gasteiger partial charge >= 0.3 is 0 Å². The molecule has 1 aromatic rings. The van der Waals surface area contributed by atoms with Gasteiger partial charge in [-0.3, -0.25) is 0 Å². The Kier molecular flexibility index (Phi) is 4.99. The van der Waals surface area contributed by atoms with Crippen molar-refractivity contribution in [3.8, 4) is 5.75 Å². The van der Waals surface area contributed by atoms with Gasteiger partial charge < -0.3 is 9.84 Å². The zero-order valence-electron chi connectivity index (χ0n) is 9.18. The van der Waals surface area contributed by atoms with Gasteiger partial charge in [-0.15, -0.1) is 0 Å². The Bertz CT molecular complexity index is 282. The van der Waals surface area contributed by atoms with E-state index < -0.39 is 6.10 Å². The molecule has 0 fully saturated rings. The van der Waals surface area contributed by atoms with Crippen LogP contribution in [0.3, 0.4) is 0 Å². The fourth-order valence-electron chi connectivity index (χ4n) is 1.33. The Morgan fingerprint density at radius 2 is 1.87 bits per heavy atom. The van der Waals surface area contributed by atoms with Crippen LogP contribution in [0.15, 0.2) is 24.3 Å². The molecule has 84 valence electrons. The van der Waals surface area contributed by atoms with Gasteiger partial charge in [0, 0.05) is 0 Å². The highest BCUT2D eigenvalue weighted by atomic mass is 32.1. The molecule has 1 atom stereocenters. The number of thiol groups is 1. The Hall–Kier alpha value is -0.670. The minimum atomic E-state index is -0.421. The van der Waals surface area contributed by atoms with Crippen molar-refractivity contribution in [1.82, 2.24) is 0 Å². The Morgan fingerprint density at radius 3 is 2.33 bits per heavy atom. The summed E-state index contributed by atoms with van der Waals surface area (Å²) in [6, 6.07) is 7.56. The highest BCUT2D eigenvalue weighted by Crippen LogP contribution is 2.20. The molecule has 0 radical (unpaired) electrons. The van der Waals surface area contributed by atoms with Crippen LogP contribution in [0.2, 0.25) is 0 Å². The Balaban J connectivity index is 2.63. The molecule has 1 unspecified atom stereocenters. The maximum atomic E-state index is 9.70. The molecule has 0 spiro atoms. The fraction of sp³-hybridized carbons (Fsp3) is 0.500. The lowest BCUT2D eigenvalue weighted by Gasteiger charge is -2.12. The number of ether oxygens (including phenoxy) is 1. The number of aliphatic hydroxyl groups excluding tert-OH is 1. The van der Waals surface area contributed by atoms with Gasteiger partial charge in [0.1, 0.15) is 5.75 Å². The second-order valence-electron chi connectivity index (χ2n) is 3.76. The molecular weight excluding hydrogens is 208 g/mol. The molecule has 0 amide bonds. The monoisotopic (exact) mass is 226 g/mol. The van der Waals surface area contributed by atoms with Gasteiger partial charge in [0.25, 0.3) is 0 Å². The summed E-state index contributed by atoms with van der Waals surface area (Å²) < 4.78 is 5.51. The first-order valence-corrected chi connectivity index (χ1v) is 5.82. The van der Waals surface area contributed by atoms with E-state index in [-0.39, 0.29) is 6.10 Å². The van der Waals surface area contributed by atoms with Crippen LogP contribution in [-0.4, -0.2) is 17.0 Å². The van der Waals surface area contributed by atoms with Crippen LogP contribution in [0.4, 0.5) is 0 Å². The van der Waals surface area contributed by atoms with Crippen molar-refractivity contribution in [2.24, 2.45) is 0 Å². The number of hydrogen-bond acceptors (Lipinski definition) is 3. The predicted molar refractivity (Wildman–Crippen MR) is 65.6 cm³/mol. The third-order valence-electron chi connectivity index (χ3n) is 2.04. The molecule has 0 aliphatic carbocycles. The molecule has 0 bridgehead atoms. The van der Waals surface area contributed by atoms with Gasteiger partial charge in [0.15, 0.2) is 0 Å². The Morgan fingerprint density at radius 1 is 1.27 bits per heavy atom. The maximum absolute atomic E-state index is 9.70. The van der Waals surface area contributed by atoms with E-state index in [4.69, 9.17) is 4.74 Å². The average molecular weight is 226 g/mol. The van der Waals surface area contributed by atoms with Crippen LogP contribution >= 0.6 is 12.6 Å². The molecule has 1 aromatic carbocycles. The largest absolute Gasteiger partial charge is 0.491 e. The second-order valence-corrected chi connectivity index (χ2v) is 4.21. The third-order valence-corrected chi connectivity index (χ3v) is 2.30. The number of benzene rings is 1. The summed E-state index contributed by atoms with van der Waals surface area (Å²) in [6.45, 7) is 3.98. The standard InChI is InChI=1S/C12H18O2S/c1-9(2)14-11-5-3-10(4-6-11)12(13)7-8-15/h3-6,9,12-13,15H,7-8H2,1-2H3. The van der Waals surface area contributed by atoms with Gasteiger partial charge in [-0.25, -0.2) is 0 Å². The minimum Gasteiger partial charge on any atom is -0.491 e. The van der Waals surface area contributed by atoms with Gasteiger partial charge in [0.05, 0.1) is 12.2 Å². The molecule has 0 aliphatic rings. The average Bonchev–Trinajstić information content (AvgIpc) is 2.18. The van der Waals surface area contributed by atoms with Gasteiger partial charge in [-0.1, -0.05) is 12.1 Å². The van der Waals surface area contributed by atoms with E-state index in [2.05, 4.69) is 12.6 Å². The van der Waals surface area contributed by atoms with Crippen molar-refractivity contribution in [3.63, 3.8) is 0 Å². The quantitative estimate of drug-likeness (QED) is 0.756. The topological polar surface area (TPSA) is 29.5 Å². The fourth-order valence-corrected chi connectivity index (χ4v) is 1.57. The SMILES string of the molecule is CC(C)Oc1ccc(C(O)CCS)cc1. The van der Waals surface area contributed by atoms with Crippen LogP contribution in [0.25, 0.3) is 0 Å². The first kappa shape index (κ1) is 12.4. The van der Waals surface area contributed by atoms with E-state index in [0.717, 1.165) is 11.3 Å². The normalized spacial score (nSPS) is 12.9. The summed E-state index contributed by atoms with van der Waals surface area (Å²) in [5.41, 5.74) is 0.917. The van der Waals surface area contributed by atoms with Crippen molar-refractivity contribution >= 4 is 12.6 Å². The molecule has 3 heteroatoms. The minimum absolute atomic E-state index is 0.179. The van der Waals surface area contributed by atoms with E-state index in [0.29, 0.717) is 12.2 Å². The highest BCUT2D eigenvalue weighted by Gasteiger charge is 2.06. The Labute approximate surface area is 96.7 Å². The molecule has 1 rings (SSSR count). The smallest absolute Gasteiger partial charge is 0.119 e. The first-order chi connectivity index (χ1) is 7.13. The van der Waals surface area contributed by atoms with E-state index in [1.807, 2.05) is 38.1 Å². The van der Waals surface area contributed by atoms with E-state index in [1.54, 1.807) is 0 Å². The first-order valence-electron chi connectivity index (χ1n) is 5.19. The molecular formula is C12H18O2S. The number of rotatable bonds is 5. The number of hydrogen-bond donors (Lipinski definition) is 2. The van der Waals surface area contributed by atoms with Gasteiger partial charge in [-0.05, 0) is 43.7 Å². The summed E-state index contributed by atoms with van der Waals surface area (Å²) >= 11 is 4.09. The van der Waals surface area contributed by atoms with Gasteiger partial charge in [-0.2, -0.15) is 12.6 Å². The highest BCUT2D eigenvalue weighted by molar-refractivity contribution is 7.80. The molecule has 0 saturated carbocycles. The van der Waals surface area contributed by atoms with Gasteiger partial charge in [0.2, 0.25) is 0 Å². The lowest BCUT2D eigenvalue weighted by Crippen LogP contribution is -2.05. The number of aliphatic hydroxyl groups is 1. The van der Waals surface area contributed by atoms with Crippen molar-refractivity contribution in [2.45, 2.75) is 32.5 Å². The molecule has 2 nitrogen and oxygen atoms in total. The third kappa shape index (κ3) is 4.14. The molecule has 15 heavy (non-hydrogen) atoms. The van der Waals surface area contributed by atoms with Crippen molar-refractivity contribution in [1.29, 1.82) is 0 Å². The summed E-state index contributed by atoms with van der Waals surface area (Å²) in [4.78, 5) is 0. The molecule has 0 aliphatic heterocycles. The van der Waals surface area contributed by atoms with Crippen molar-refractivity contribution in [3.05, 3.63) is 29.8 Å². The van der Waals surface area contributed by atoms with Crippen LogP contribution in [-0.2, 0) is 0 Å². The lowest BCUT2D eigenvalue weighted by atomic mass is 10.1. The van der Waals surface area contributed by atoms with Crippen LogP contribution in [0.5, 0.6) is 5.75 Å². The molecule has 0 aromatic heterocycles. The lowest BCUT2D eigenvalue weighted by molar-refractivity contribution is 0.175. The van der Waals surface area contributed by atoms with Crippen LogP contribution in [0, 0.1) is 0 Å². The van der Waals surface area contributed by atoms with E-state index in [1.165, 1.54) is 0 Å².